The van der Waals surface area contributed by atoms with Crippen LogP contribution in [0.15, 0.2) is 0 Å². The van der Waals surface area contributed by atoms with Gasteiger partial charge in [-0.2, -0.15) is 5.26 Å². The van der Waals surface area contributed by atoms with Gasteiger partial charge in [-0.3, -0.25) is 4.90 Å². The van der Waals surface area contributed by atoms with Gasteiger partial charge in [0.05, 0.1) is 12.0 Å². The summed E-state index contributed by atoms with van der Waals surface area (Å²) in [5.74, 6) is 0.637. The van der Waals surface area contributed by atoms with E-state index in [4.69, 9.17) is 5.26 Å². The van der Waals surface area contributed by atoms with E-state index < -0.39 is 0 Å². The summed E-state index contributed by atoms with van der Waals surface area (Å²) in [5, 5.41) is 12.4. The third kappa shape index (κ3) is 2.97. The first-order chi connectivity index (χ1) is 6.65. The van der Waals surface area contributed by atoms with Crippen LogP contribution in [0.5, 0.6) is 0 Å². The molecular weight excluding hydrogens is 174 g/mol. The van der Waals surface area contributed by atoms with Crippen molar-refractivity contribution in [2.45, 2.75) is 26.8 Å². The van der Waals surface area contributed by atoms with Gasteiger partial charge in [-0.05, 0) is 12.8 Å². The molecule has 14 heavy (non-hydrogen) atoms. The van der Waals surface area contributed by atoms with E-state index in [1.54, 1.807) is 0 Å². The minimum Gasteiger partial charge on any atom is -0.314 e. The molecule has 1 saturated heterocycles. The Kier molecular flexibility index (Phi) is 4.37. The SMILES string of the molecule is CC(C)C(C#N)CN1CCNC[C@@H]1C. The van der Waals surface area contributed by atoms with Crippen LogP contribution in [-0.4, -0.2) is 37.1 Å². The van der Waals surface area contributed by atoms with Crippen molar-refractivity contribution in [2.75, 3.05) is 26.2 Å². The molecule has 1 N–H and O–H groups in total. The van der Waals surface area contributed by atoms with Crippen LogP contribution in [0.4, 0.5) is 0 Å². The van der Waals surface area contributed by atoms with Gasteiger partial charge in [-0.25, -0.2) is 0 Å². The molecule has 2 atom stereocenters. The number of nitrogens with zero attached hydrogens (tertiary/aromatic N) is 2. The van der Waals surface area contributed by atoms with Crippen LogP contribution in [0.2, 0.25) is 0 Å². The molecule has 0 amide bonds. The second kappa shape index (κ2) is 5.33. The van der Waals surface area contributed by atoms with Crippen molar-refractivity contribution in [3.8, 4) is 6.07 Å². The molecule has 0 aromatic rings. The minimum absolute atomic E-state index is 0.176. The maximum atomic E-state index is 9.02. The fourth-order valence-corrected chi connectivity index (χ4v) is 1.81. The van der Waals surface area contributed by atoms with E-state index in [-0.39, 0.29) is 5.92 Å². The standard InChI is InChI=1S/C11H21N3/c1-9(2)11(6-12)8-14-5-4-13-7-10(14)3/h9-11,13H,4-5,7-8H2,1-3H3/t10-,11?/m0/s1. The Morgan fingerprint density at radius 3 is 2.79 bits per heavy atom. The lowest BCUT2D eigenvalue weighted by Crippen LogP contribution is -2.51. The molecule has 80 valence electrons. The molecular formula is C11H21N3. The number of hydrogen-bond donors (Lipinski definition) is 1. The summed E-state index contributed by atoms with van der Waals surface area (Å²) in [5.41, 5.74) is 0. The van der Waals surface area contributed by atoms with Gasteiger partial charge in [-0.1, -0.05) is 13.8 Å². The Morgan fingerprint density at radius 1 is 1.57 bits per heavy atom. The van der Waals surface area contributed by atoms with Gasteiger partial charge in [0.1, 0.15) is 0 Å². The van der Waals surface area contributed by atoms with Gasteiger partial charge < -0.3 is 5.32 Å². The van der Waals surface area contributed by atoms with E-state index in [1.807, 2.05) is 0 Å². The summed E-state index contributed by atoms with van der Waals surface area (Å²) < 4.78 is 0. The van der Waals surface area contributed by atoms with Gasteiger partial charge in [0.25, 0.3) is 0 Å². The first-order valence-corrected chi connectivity index (χ1v) is 5.49. The predicted octanol–water partition coefficient (Wildman–Crippen LogP) is 1.08. The third-order valence-corrected chi connectivity index (χ3v) is 3.04. The van der Waals surface area contributed by atoms with Crippen LogP contribution in [0, 0.1) is 23.2 Å². The number of hydrogen-bond acceptors (Lipinski definition) is 3. The van der Waals surface area contributed by atoms with E-state index >= 15 is 0 Å². The van der Waals surface area contributed by atoms with E-state index in [2.05, 4.69) is 37.1 Å². The zero-order valence-corrected chi connectivity index (χ0v) is 9.45. The third-order valence-electron chi connectivity index (χ3n) is 3.04. The zero-order valence-electron chi connectivity index (χ0n) is 9.45. The quantitative estimate of drug-likeness (QED) is 0.732. The minimum atomic E-state index is 0.176. The molecule has 0 aromatic heterocycles. The largest absolute Gasteiger partial charge is 0.314 e. The normalized spacial score (nSPS) is 26.1. The van der Waals surface area contributed by atoms with Crippen molar-refractivity contribution in [1.82, 2.24) is 10.2 Å². The fraction of sp³-hybridized carbons (Fsp3) is 0.909. The number of nitrogens with one attached hydrogen (secondary N) is 1. The van der Waals surface area contributed by atoms with Gasteiger partial charge in [0.15, 0.2) is 0 Å². The maximum absolute atomic E-state index is 9.02. The van der Waals surface area contributed by atoms with Crippen molar-refractivity contribution < 1.29 is 0 Å². The average Bonchev–Trinajstić information content (AvgIpc) is 2.16. The summed E-state index contributed by atoms with van der Waals surface area (Å²) in [4.78, 5) is 2.42. The topological polar surface area (TPSA) is 39.1 Å². The molecule has 1 fully saturated rings. The molecule has 1 unspecified atom stereocenters. The van der Waals surface area contributed by atoms with Gasteiger partial charge in [0, 0.05) is 32.2 Å². The number of rotatable bonds is 3. The molecule has 0 bridgehead atoms. The molecule has 1 aliphatic heterocycles. The Balaban J connectivity index is 2.45. The predicted molar refractivity (Wildman–Crippen MR) is 57.8 cm³/mol. The molecule has 0 aromatic carbocycles. The lowest BCUT2D eigenvalue weighted by Gasteiger charge is -2.35. The van der Waals surface area contributed by atoms with Crippen molar-refractivity contribution in [1.29, 1.82) is 5.26 Å². The Hall–Kier alpha value is -0.590. The van der Waals surface area contributed by atoms with E-state index in [0.717, 1.165) is 26.2 Å². The highest BCUT2D eigenvalue weighted by Gasteiger charge is 2.22. The van der Waals surface area contributed by atoms with Crippen molar-refractivity contribution in [2.24, 2.45) is 11.8 Å². The monoisotopic (exact) mass is 195 g/mol. The van der Waals surface area contributed by atoms with Gasteiger partial charge in [-0.15, -0.1) is 0 Å². The smallest absolute Gasteiger partial charge is 0.0672 e. The van der Waals surface area contributed by atoms with Crippen LogP contribution in [0.25, 0.3) is 0 Å². The zero-order chi connectivity index (χ0) is 10.6. The Bertz CT molecular complexity index is 207. The van der Waals surface area contributed by atoms with Crippen LogP contribution >= 0.6 is 0 Å². The van der Waals surface area contributed by atoms with Crippen molar-refractivity contribution in [3.63, 3.8) is 0 Å². The molecule has 0 aliphatic carbocycles. The molecule has 3 nitrogen and oxygen atoms in total. The summed E-state index contributed by atoms with van der Waals surface area (Å²) in [6.07, 6.45) is 0. The number of piperazine rings is 1. The Morgan fingerprint density at radius 2 is 2.29 bits per heavy atom. The lowest BCUT2D eigenvalue weighted by atomic mass is 9.96. The first kappa shape index (κ1) is 11.5. The molecule has 3 heteroatoms. The van der Waals surface area contributed by atoms with E-state index in [9.17, 15) is 0 Å². The van der Waals surface area contributed by atoms with Crippen molar-refractivity contribution >= 4 is 0 Å². The van der Waals surface area contributed by atoms with Crippen molar-refractivity contribution in [3.05, 3.63) is 0 Å². The summed E-state index contributed by atoms with van der Waals surface area (Å²) in [6.45, 7) is 10.6. The molecule has 0 radical (unpaired) electrons. The first-order valence-electron chi connectivity index (χ1n) is 5.49. The van der Waals surface area contributed by atoms with Crippen LogP contribution < -0.4 is 5.32 Å². The van der Waals surface area contributed by atoms with E-state index in [0.29, 0.717) is 12.0 Å². The molecule has 0 saturated carbocycles. The summed E-state index contributed by atoms with van der Waals surface area (Å²) in [7, 11) is 0. The summed E-state index contributed by atoms with van der Waals surface area (Å²) in [6, 6.07) is 2.98. The fourth-order valence-electron chi connectivity index (χ4n) is 1.81. The van der Waals surface area contributed by atoms with Crippen LogP contribution in [0.3, 0.4) is 0 Å². The average molecular weight is 195 g/mol. The second-order valence-corrected chi connectivity index (χ2v) is 4.53. The van der Waals surface area contributed by atoms with Crippen LogP contribution in [0.1, 0.15) is 20.8 Å². The van der Waals surface area contributed by atoms with E-state index in [1.165, 1.54) is 0 Å². The van der Waals surface area contributed by atoms with Crippen LogP contribution in [-0.2, 0) is 0 Å². The second-order valence-electron chi connectivity index (χ2n) is 4.53. The molecule has 1 aliphatic rings. The Labute approximate surface area is 87.1 Å². The lowest BCUT2D eigenvalue weighted by molar-refractivity contribution is 0.148. The van der Waals surface area contributed by atoms with Gasteiger partial charge >= 0.3 is 0 Å². The molecule has 1 heterocycles. The maximum Gasteiger partial charge on any atom is 0.0672 e. The number of nitriles is 1. The highest BCUT2D eigenvalue weighted by molar-refractivity contribution is 4.89. The molecule has 0 spiro atoms. The van der Waals surface area contributed by atoms with Gasteiger partial charge in [0.2, 0.25) is 0 Å². The summed E-state index contributed by atoms with van der Waals surface area (Å²) >= 11 is 0. The molecule has 1 rings (SSSR count). The highest BCUT2D eigenvalue weighted by atomic mass is 15.2. The highest BCUT2D eigenvalue weighted by Crippen LogP contribution is 2.14.